The minimum Gasteiger partial charge on any atom is -0.820 e. The third-order valence-electron chi connectivity index (χ3n) is 8.39. The summed E-state index contributed by atoms with van der Waals surface area (Å²) in [5.74, 6) is 0.645. The Bertz CT molecular complexity index is 826. The highest BCUT2D eigenvalue weighted by molar-refractivity contribution is 6.33. The van der Waals surface area contributed by atoms with Crippen LogP contribution in [-0.4, -0.2) is 44.6 Å². The maximum absolute atomic E-state index is 12.2. The molecule has 0 saturated heterocycles. The summed E-state index contributed by atoms with van der Waals surface area (Å²) in [7, 11) is -1.49. The highest BCUT2D eigenvalue weighted by atomic mass is 16.7. The predicted octanol–water partition coefficient (Wildman–Crippen LogP) is 10.1. The minimum absolute atomic E-state index is 0.00956. The number of hydrogen-bond donors (Lipinski definition) is 0. The third-order valence-corrected chi connectivity index (χ3v) is 8.39. The summed E-state index contributed by atoms with van der Waals surface area (Å²) < 4.78 is 12.5. The van der Waals surface area contributed by atoms with Crippen LogP contribution in [0.15, 0.2) is 12.1 Å². The predicted molar refractivity (Wildman–Crippen MR) is 189 cm³/mol. The molecule has 0 aliphatic heterocycles. The van der Waals surface area contributed by atoms with Crippen LogP contribution in [0.5, 0.6) is 5.75 Å². The van der Waals surface area contributed by atoms with Crippen molar-refractivity contribution in [3.63, 3.8) is 0 Å². The molecule has 0 N–H and O–H groups in total. The lowest BCUT2D eigenvalue weighted by Gasteiger charge is -2.39. The van der Waals surface area contributed by atoms with Crippen LogP contribution in [0.1, 0.15) is 178 Å². The fourth-order valence-corrected chi connectivity index (χ4v) is 5.94. The van der Waals surface area contributed by atoms with Gasteiger partial charge in [-0.2, -0.15) is 0 Å². The van der Waals surface area contributed by atoms with Crippen LogP contribution in [0.2, 0.25) is 0 Å². The van der Waals surface area contributed by atoms with E-state index in [0.717, 1.165) is 18.4 Å². The zero-order chi connectivity index (χ0) is 33.3. The first kappa shape index (κ1) is 42.0. The first-order valence-electron chi connectivity index (χ1n) is 17.9. The maximum Gasteiger partial charge on any atom is 0.418 e. The lowest BCUT2D eigenvalue weighted by Crippen LogP contribution is -2.50. The van der Waals surface area contributed by atoms with Gasteiger partial charge in [-0.15, -0.1) is 0 Å². The number of unbranched alkanes of at least 4 members (excludes halogenated alkanes) is 5. The average Bonchev–Trinajstić information content (AvgIpc) is 2.90. The Hall–Kier alpha value is -1.04. The summed E-state index contributed by atoms with van der Waals surface area (Å²) in [5.41, 5.74) is 3.48. The van der Waals surface area contributed by atoms with E-state index in [1.807, 2.05) is 6.07 Å². The molecule has 1 aromatic carbocycles. The molecule has 0 atom stereocenters. The zero-order valence-electron chi connectivity index (χ0n) is 31.5. The van der Waals surface area contributed by atoms with E-state index in [-0.39, 0.29) is 16.2 Å². The van der Waals surface area contributed by atoms with Gasteiger partial charge in [0.2, 0.25) is 0 Å². The van der Waals surface area contributed by atoms with Gasteiger partial charge in [0.05, 0.1) is 26.2 Å². The van der Waals surface area contributed by atoms with Gasteiger partial charge >= 0.3 is 7.32 Å². The highest BCUT2D eigenvalue weighted by Gasteiger charge is 2.34. The molecule has 5 heteroatoms. The number of quaternary nitrogens is 1. The maximum atomic E-state index is 12.2. The quantitative estimate of drug-likeness (QED) is 0.0952. The van der Waals surface area contributed by atoms with E-state index in [2.05, 4.69) is 103 Å². The molecular formula is C38H74BNO3. The Kier molecular flexibility index (Phi) is 19.7. The third kappa shape index (κ3) is 15.7. The van der Waals surface area contributed by atoms with E-state index < -0.39 is 7.32 Å². The van der Waals surface area contributed by atoms with Crippen molar-refractivity contribution in [3.05, 3.63) is 28.8 Å². The Morgan fingerprint density at radius 3 is 1.30 bits per heavy atom. The van der Waals surface area contributed by atoms with Gasteiger partial charge in [-0.3, -0.25) is 0 Å². The number of hydrogen-bond acceptors (Lipinski definition) is 3. The van der Waals surface area contributed by atoms with E-state index in [0.29, 0.717) is 12.4 Å². The summed E-state index contributed by atoms with van der Waals surface area (Å²) >= 11 is 0. The number of rotatable bonds is 18. The molecular weight excluding hydrogens is 529 g/mol. The van der Waals surface area contributed by atoms with Gasteiger partial charge in [0.25, 0.3) is 0 Å². The molecule has 1 aromatic rings. The molecule has 0 radical (unpaired) electrons. The van der Waals surface area contributed by atoms with Crippen molar-refractivity contribution in [1.29, 1.82) is 0 Å². The largest absolute Gasteiger partial charge is 0.820 e. The first-order valence-corrected chi connectivity index (χ1v) is 17.9. The fourth-order valence-electron chi connectivity index (χ4n) is 5.94. The molecule has 0 heterocycles. The second-order valence-electron chi connectivity index (χ2n) is 15.9. The van der Waals surface area contributed by atoms with E-state index in [1.54, 1.807) is 0 Å². The minimum atomic E-state index is -1.49. The first-order chi connectivity index (χ1) is 19.9. The van der Waals surface area contributed by atoms with Crippen molar-refractivity contribution in [2.45, 2.75) is 177 Å². The number of benzene rings is 1. The molecule has 43 heavy (non-hydrogen) atoms. The van der Waals surface area contributed by atoms with Crippen LogP contribution in [0, 0.1) is 0 Å². The standard InChI is InChI=1S/C22H38BO3.C16H36N/c1-11-12-15-25-23(24)26-17-14-13-16(20(2,3)4)18(21(5,6)7)19(17)22(8,9)10;1-5-9-13-17(14-10-6-2,15-11-7-3)16-12-8-4/h13-14H,11-12,15H2,1-10H3;5-16H2,1-4H3/q-1;+1. The normalized spacial score (nSPS) is 12.6. The molecule has 0 amide bonds. The van der Waals surface area contributed by atoms with Crippen LogP contribution >= 0.6 is 0 Å². The van der Waals surface area contributed by atoms with Gasteiger partial charge in [-0.1, -0.05) is 135 Å². The van der Waals surface area contributed by atoms with Gasteiger partial charge in [-0.25, -0.2) is 0 Å². The van der Waals surface area contributed by atoms with Crippen LogP contribution in [0.4, 0.5) is 0 Å². The highest BCUT2D eigenvalue weighted by Crippen LogP contribution is 2.45. The molecule has 4 nitrogen and oxygen atoms in total. The van der Waals surface area contributed by atoms with Crippen molar-refractivity contribution >= 4 is 7.32 Å². The average molecular weight is 604 g/mol. The van der Waals surface area contributed by atoms with Crippen molar-refractivity contribution < 1.29 is 18.8 Å². The molecule has 252 valence electrons. The summed E-state index contributed by atoms with van der Waals surface area (Å²) in [6.45, 7) is 37.4. The monoisotopic (exact) mass is 604 g/mol. The van der Waals surface area contributed by atoms with Gasteiger partial charge in [0.15, 0.2) is 0 Å². The molecule has 0 saturated carbocycles. The Balaban J connectivity index is 0.000000901. The smallest absolute Gasteiger partial charge is 0.418 e. The molecule has 0 spiro atoms. The summed E-state index contributed by atoms with van der Waals surface area (Å²) in [4.78, 5) is 0. The van der Waals surface area contributed by atoms with Gasteiger partial charge in [0, 0.05) is 12.2 Å². The summed E-state index contributed by atoms with van der Waals surface area (Å²) in [6.07, 6.45) is 12.9. The van der Waals surface area contributed by atoms with Crippen molar-refractivity contribution in [3.8, 4) is 5.75 Å². The fraction of sp³-hybridized carbons (Fsp3) is 0.842. The lowest BCUT2D eigenvalue weighted by atomic mass is 9.68. The summed E-state index contributed by atoms with van der Waals surface area (Å²) in [5, 5.41) is 12.2. The van der Waals surface area contributed by atoms with E-state index >= 15 is 0 Å². The Morgan fingerprint density at radius 2 is 0.977 bits per heavy atom. The van der Waals surface area contributed by atoms with Crippen molar-refractivity contribution in [2.24, 2.45) is 0 Å². The molecule has 1 rings (SSSR count). The molecule has 0 unspecified atom stereocenters. The Labute approximate surface area is 270 Å². The van der Waals surface area contributed by atoms with Crippen LogP contribution in [-0.2, 0) is 20.9 Å². The van der Waals surface area contributed by atoms with Crippen molar-refractivity contribution in [2.75, 3.05) is 32.8 Å². The van der Waals surface area contributed by atoms with Crippen molar-refractivity contribution in [1.82, 2.24) is 0 Å². The van der Waals surface area contributed by atoms with E-state index in [4.69, 9.17) is 9.31 Å². The SMILES string of the molecule is CCCCOB([O-])Oc1ccc(C(C)(C)C)c(C(C)(C)C)c1C(C)(C)C.CCCC[N+](CCCC)(CCCC)CCCC. The van der Waals surface area contributed by atoms with Crippen LogP contribution in [0.25, 0.3) is 0 Å². The van der Waals surface area contributed by atoms with Gasteiger partial charge in [0.1, 0.15) is 5.75 Å². The number of nitrogens with zero attached hydrogens (tertiary/aromatic N) is 1. The zero-order valence-corrected chi connectivity index (χ0v) is 31.5. The topological polar surface area (TPSA) is 41.5 Å². The second-order valence-corrected chi connectivity index (χ2v) is 15.9. The molecule has 0 aliphatic carbocycles. The molecule has 0 fully saturated rings. The van der Waals surface area contributed by atoms with Gasteiger partial charge in [-0.05, 0) is 65.5 Å². The molecule has 0 aromatic heterocycles. The van der Waals surface area contributed by atoms with Crippen LogP contribution < -0.4 is 9.68 Å². The Morgan fingerprint density at radius 1 is 0.581 bits per heavy atom. The van der Waals surface area contributed by atoms with Crippen LogP contribution in [0.3, 0.4) is 0 Å². The second kappa shape index (κ2) is 20.2. The molecule has 0 aliphatic rings. The lowest BCUT2D eigenvalue weighted by molar-refractivity contribution is -0.929. The molecule has 0 bridgehead atoms. The summed E-state index contributed by atoms with van der Waals surface area (Å²) in [6, 6.07) is 4.06. The van der Waals surface area contributed by atoms with E-state index in [9.17, 15) is 5.02 Å². The van der Waals surface area contributed by atoms with Gasteiger partial charge < -0.3 is 18.8 Å². The van der Waals surface area contributed by atoms with E-state index in [1.165, 1.54) is 93.2 Å².